The third-order valence-corrected chi connectivity index (χ3v) is 7.22. The van der Waals surface area contributed by atoms with Crippen LogP contribution in [0.15, 0.2) is 0 Å². The van der Waals surface area contributed by atoms with Crippen molar-refractivity contribution in [2.45, 2.75) is 63.8 Å². The minimum Gasteiger partial charge on any atom is -0.356 e. The van der Waals surface area contributed by atoms with Gasteiger partial charge in [0.1, 0.15) is 16.5 Å². The highest BCUT2D eigenvalue weighted by molar-refractivity contribution is 7.19. The van der Waals surface area contributed by atoms with Gasteiger partial charge >= 0.3 is 0 Å². The topological polar surface area (TPSA) is 49.3 Å². The Morgan fingerprint density at radius 3 is 2.69 bits per heavy atom. The summed E-state index contributed by atoms with van der Waals surface area (Å²) in [6.07, 6.45) is 9.94. The van der Waals surface area contributed by atoms with Gasteiger partial charge in [0.25, 0.3) is 0 Å². The van der Waals surface area contributed by atoms with Crippen LogP contribution in [-0.2, 0) is 24.1 Å². The van der Waals surface area contributed by atoms with Gasteiger partial charge < -0.3 is 9.80 Å². The van der Waals surface area contributed by atoms with Gasteiger partial charge in [-0.25, -0.2) is 9.97 Å². The summed E-state index contributed by atoms with van der Waals surface area (Å²) in [4.78, 5) is 29.3. The van der Waals surface area contributed by atoms with Crippen LogP contribution in [0.2, 0.25) is 0 Å². The number of thiophene rings is 1. The van der Waals surface area contributed by atoms with Gasteiger partial charge in [-0.3, -0.25) is 4.79 Å². The molecule has 1 saturated heterocycles. The summed E-state index contributed by atoms with van der Waals surface area (Å²) in [5.41, 5.74) is 1.48. The molecular weight excluding hydrogens is 344 g/mol. The molecule has 6 heteroatoms. The smallest absolute Gasteiger partial charge is 0.230 e. The first kappa shape index (κ1) is 16.5. The molecule has 2 aromatic rings. The molecule has 2 aromatic heterocycles. The maximum Gasteiger partial charge on any atom is 0.230 e. The van der Waals surface area contributed by atoms with Crippen molar-refractivity contribution < 1.29 is 4.79 Å². The molecule has 0 radical (unpaired) electrons. The van der Waals surface area contributed by atoms with Gasteiger partial charge in [0.2, 0.25) is 5.91 Å². The number of aryl methyl sites for hydroxylation is 2. The van der Waals surface area contributed by atoms with E-state index in [1.54, 1.807) is 0 Å². The van der Waals surface area contributed by atoms with Crippen LogP contribution < -0.4 is 4.90 Å². The lowest BCUT2D eigenvalue weighted by Crippen LogP contribution is -2.30. The predicted molar refractivity (Wildman–Crippen MR) is 105 cm³/mol. The van der Waals surface area contributed by atoms with Crippen LogP contribution in [0.4, 0.5) is 5.82 Å². The molecule has 5 rings (SSSR count). The number of amides is 1. The number of hydrogen-bond acceptors (Lipinski definition) is 5. The van der Waals surface area contributed by atoms with Crippen molar-refractivity contribution >= 4 is 33.3 Å². The maximum absolute atomic E-state index is 12.6. The number of nitrogens with zero attached hydrogens (tertiary/aromatic N) is 4. The van der Waals surface area contributed by atoms with E-state index in [1.165, 1.54) is 47.9 Å². The molecule has 2 fully saturated rings. The second-order valence-corrected chi connectivity index (χ2v) is 9.04. The molecule has 2 aliphatic carbocycles. The van der Waals surface area contributed by atoms with E-state index in [9.17, 15) is 4.79 Å². The second-order valence-electron chi connectivity index (χ2n) is 7.96. The number of hydrogen-bond donors (Lipinski definition) is 0. The van der Waals surface area contributed by atoms with Crippen LogP contribution >= 0.6 is 11.3 Å². The third-order valence-electron chi connectivity index (χ3n) is 6.04. The average molecular weight is 371 g/mol. The van der Waals surface area contributed by atoms with Gasteiger partial charge in [-0.15, -0.1) is 11.3 Å². The summed E-state index contributed by atoms with van der Waals surface area (Å²) in [6.45, 7) is 1.78. The molecule has 0 atom stereocenters. The minimum absolute atomic E-state index is 0.184. The standard InChI is InChI=1S/C20H26N4OS/c1-23(13-8-9-13)19-18-14-6-2-3-7-15(14)26-20(18)22-16(21-19)12-17(25)24-10-4-5-11-24/h13H,2-12H2,1H3. The van der Waals surface area contributed by atoms with Crippen LogP contribution in [0.1, 0.15) is 54.8 Å². The maximum atomic E-state index is 12.6. The monoisotopic (exact) mass is 370 g/mol. The van der Waals surface area contributed by atoms with Crippen LogP contribution in [0.25, 0.3) is 10.2 Å². The molecular formula is C20H26N4OS. The fourth-order valence-electron chi connectivity index (χ4n) is 4.36. The van der Waals surface area contributed by atoms with Gasteiger partial charge in [-0.05, 0) is 56.9 Å². The fraction of sp³-hybridized carbons (Fsp3) is 0.650. The summed E-state index contributed by atoms with van der Waals surface area (Å²) >= 11 is 1.83. The van der Waals surface area contributed by atoms with E-state index in [-0.39, 0.29) is 5.91 Å². The van der Waals surface area contributed by atoms with Crippen LogP contribution in [0.5, 0.6) is 0 Å². The Morgan fingerprint density at radius 2 is 1.92 bits per heavy atom. The predicted octanol–water partition coefficient (Wildman–Crippen LogP) is 3.33. The van der Waals surface area contributed by atoms with Gasteiger partial charge in [0, 0.05) is 31.1 Å². The first-order chi connectivity index (χ1) is 12.7. The SMILES string of the molecule is CN(c1nc(CC(=O)N2CCCC2)nc2sc3c(c12)CCCC3)C1CC1. The lowest BCUT2D eigenvalue weighted by Gasteiger charge is -2.21. The zero-order valence-corrected chi connectivity index (χ0v) is 16.3. The van der Waals surface area contributed by atoms with E-state index in [0.717, 1.165) is 43.0 Å². The molecule has 1 amide bonds. The number of carbonyl (C=O) groups excluding carboxylic acids is 1. The molecule has 0 bridgehead atoms. The quantitative estimate of drug-likeness (QED) is 0.828. The molecule has 1 saturated carbocycles. The molecule has 0 N–H and O–H groups in total. The molecule has 1 aliphatic heterocycles. The average Bonchev–Trinajstić information content (AvgIpc) is 3.21. The van der Waals surface area contributed by atoms with Crippen molar-refractivity contribution in [1.82, 2.24) is 14.9 Å². The number of rotatable bonds is 4. The van der Waals surface area contributed by atoms with Crippen LogP contribution in [0.3, 0.4) is 0 Å². The summed E-state index contributed by atoms with van der Waals surface area (Å²) in [6, 6.07) is 0.606. The lowest BCUT2D eigenvalue weighted by atomic mass is 9.97. The van der Waals surface area contributed by atoms with E-state index in [2.05, 4.69) is 11.9 Å². The number of fused-ring (bicyclic) bond motifs is 3. The number of likely N-dealkylation sites (tertiary alicyclic amines) is 1. The normalized spacial score (nSPS) is 19.8. The van der Waals surface area contributed by atoms with Crippen molar-refractivity contribution in [3.8, 4) is 0 Å². The highest BCUT2D eigenvalue weighted by Gasteiger charge is 2.31. The van der Waals surface area contributed by atoms with Crippen molar-refractivity contribution in [3.63, 3.8) is 0 Å². The molecule has 3 aliphatic rings. The Labute approximate surface area is 158 Å². The molecule has 138 valence electrons. The second kappa shape index (κ2) is 6.48. The highest BCUT2D eigenvalue weighted by Crippen LogP contribution is 2.41. The van der Waals surface area contributed by atoms with E-state index in [0.29, 0.717) is 18.3 Å². The molecule has 0 unspecified atom stereocenters. The summed E-state index contributed by atoms with van der Waals surface area (Å²) in [7, 11) is 2.17. The fourth-order valence-corrected chi connectivity index (χ4v) is 5.64. The Balaban J connectivity index is 1.55. The zero-order valence-electron chi connectivity index (χ0n) is 15.5. The number of carbonyl (C=O) groups is 1. The highest BCUT2D eigenvalue weighted by atomic mass is 32.1. The van der Waals surface area contributed by atoms with Gasteiger partial charge in [-0.2, -0.15) is 0 Å². The van der Waals surface area contributed by atoms with Gasteiger partial charge in [0.15, 0.2) is 0 Å². The molecule has 26 heavy (non-hydrogen) atoms. The first-order valence-corrected chi connectivity index (χ1v) is 10.8. The summed E-state index contributed by atoms with van der Waals surface area (Å²) < 4.78 is 0. The van der Waals surface area contributed by atoms with E-state index in [1.807, 2.05) is 16.2 Å². The van der Waals surface area contributed by atoms with Gasteiger partial charge in [0.05, 0.1) is 11.8 Å². The van der Waals surface area contributed by atoms with Crippen molar-refractivity contribution in [1.29, 1.82) is 0 Å². The lowest BCUT2D eigenvalue weighted by molar-refractivity contribution is -0.129. The van der Waals surface area contributed by atoms with Crippen molar-refractivity contribution in [2.24, 2.45) is 0 Å². The first-order valence-electron chi connectivity index (χ1n) is 10.0. The van der Waals surface area contributed by atoms with E-state index < -0.39 is 0 Å². The molecule has 5 nitrogen and oxygen atoms in total. The summed E-state index contributed by atoms with van der Waals surface area (Å²) in [5, 5.41) is 1.27. The van der Waals surface area contributed by atoms with Crippen LogP contribution in [0, 0.1) is 0 Å². The molecule has 0 spiro atoms. The Hall–Kier alpha value is -1.69. The molecule has 0 aromatic carbocycles. The van der Waals surface area contributed by atoms with Gasteiger partial charge in [-0.1, -0.05) is 0 Å². The Morgan fingerprint density at radius 1 is 1.15 bits per heavy atom. The Bertz CT molecular complexity index is 851. The number of aromatic nitrogens is 2. The third kappa shape index (κ3) is 2.88. The molecule has 3 heterocycles. The van der Waals surface area contributed by atoms with Crippen LogP contribution in [-0.4, -0.2) is 47.0 Å². The Kier molecular flexibility index (Phi) is 4.11. The minimum atomic E-state index is 0.184. The van der Waals surface area contributed by atoms with E-state index in [4.69, 9.17) is 9.97 Å². The largest absolute Gasteiger partial charge is 0.356 e. The van der Waals surface area contributed by atoms with Crippen molar-refractivity contribution in [2.75, 3.05) is 25.0 Å². The zero-order chi connectivity index (χ0) is 17.7. The summed E-state index contributed by atoms with van der Waals surface area (Å²) in [5.74, 6) is 1.96. The van der Waals surface area contributed by atoms with E-state index >= 15 is 0 Å². The van der Waals surface area contributed by atoms with Crippen molar-refractivity contribution in [3.05, 3.63) is 16.3 Å². The number of anilines is 1.